The van der Waals surface area contributed by atoms with Crippen LogP contribution in [0.4, 0.5) is 5.69 Å². The minimum Gasteiger partial charge on any atom is -0.384 e. The molecule has 0 aliphatic carbocycles. The average Bonchev–Trinajstić information content (AvgIpc) is 2.35. The van der Waals surface area contributed by atoms with E-state index in [0.29, 0.717) is 17.0 Å². The first kappa shape index (κ1) is 16.3. The van der Waals surface area contributed by atoms with Gasteiger partial charge in [0.05, 0.1) is 16.3 Å². The maximum Gasteiger partial charge on any atom is 0.180 e. The predicted molar refractivity (Wildman–Crippen MR) is 81.8 cm³/mol. The molecule has 0 amide bonds. The van der Waals surface area contributed by atoms with Crippen LogP contribution in [0.1, 0.15) is 33.1 Å². The first-order chi connectivity index (χ1) is 8.97. The normalized spacial score (nSPS) is 13.2. The Morgan fingerprint density at radius 1 is 1.32 bits per heavy atom. The van der Waals surface area contributed by atoms with Gasteiger partial charge in [0.1, 0.15) is 0 Å². The van der Waals surface area contributed by atoms with E-state index >= 15 is 0 Å². The lowest BCUT2D eigenvalue weighted by atomic mass is 10.2. The van der Waals surface area contributed by atoms with Crippen molar-refractivity contribution in [3.8, 4) is 0 Å². The highest BCUT2D eigenvalue weighted by Crippen LogP contribution is 2.22. The second-order valence-electron chi connectivity index (χ2n) is 4.66. The Labute approximate surface area is 121 Å². The lowest BCUT2D eigenvalue weighted by molar-refractivity contribution is 0.595. The Morgan fingerprint density at radius 3 is 2.63 bits per heavy atom. The molecule has 0 saturated heterocycles. The molecule has 0 radical (unpaired) electrons. The van der Waals surface area contributed by atoms with Crippen molar-refractivity contribution in [2.45, 2.75) is 43.4 Å². The zero-order chi connectivity index (χ0) is 14.3. The third-order valence-electron chi connectivity index (χ3n) is 2.79. The molecule has 0 aliphatic rings. The van der Waals surface area contributed by atoms with E-state index in [0.717, 1.165) is 19.4 Å². The smallest absolute Gasteiger partial charge is 0.180 e. The van der Waals surface area contributed by atoms with Gasteiger partial charge >= 0.3 is 0 Å². The number of sulfone groups is 1. The minimum absolute atomic E-state index is 0.154. The largest absolute Gasteiger partial charge is 0.384 e. The van der Waals surface area contributed by atoms with Crippen molar-refractivity contribution in [3.63, 3.8) is 0 Å². The minimum atomic E-state index is -3.18. The van der Waals surface area contributed by atoms with Crippen molar-refractivity contribution in [2.75, 3.05) is 17.6 Å². The monoisotopic (exact) mass is 303 g/mol. The molecule has 1 atom stereocenters. The quantitative estimate of drug-likeness (QED) is 0.588. The van der Waals surface area contributed by atoms with Crippen molar-refractivity contribution in [1.82, 2.24) is 0 Å². The summed E-state index contributed by atoms with van der Waals surface area (Å²) in [6.07, 6.45) is 2.46. The van der Waals surface area contributed by atoms with Gasteiger partial charge in [0.25, 0.3) is 0 Å². The van der Waals surface area contributed by atoms with Crippen LogP contribution in [0.15, 0.2) is 29.2 Å². The van der Waals surface area contributed by atoms with Crippen molar-refractivity contribution in [3.05, 3.63) is 24.3 Å². The van der Waals surface area contributed by atoms with Gasteiger partial charge in [-0.15, -0.1) is 11.6 Å². The van der Waals surface area contributed by atoms with Crippen LogP contribution in [-0.2, 0) is 9.84 Å². The van der Waals surface area contributed by atoms with Crippen molar-refractivity contribution in [1.29, 1.82) is 0 Å². The molecule has 1 rings (SSSR count). The van der Waals surface area contributed by atoms with E-state index < -0.39 is 9.84 Å². The summed E-state index contributed by atoms with van der Waals surface area (Å²) in [5, 5.41) is 3.35. The van der Waals surface area contributed by atoms with Gasteiger partial charge in [-0.05, 0) is 38.3 Å². The summed E-state index contributed by atoms with van der Waals surface area (Å²) < 4.78 is 24.3. The topological polar surface area (TPSA) is 46.2 Å². The van der Waals surface area contributed by atoms with E-state index in [4.69, 9.17) is 11.6 Å². The zero-order valence-corrected chi connectivity index (χ0v) is 13.1. The maximum atomic E-state index is 12.1. The Bertz CT molecular complexity index is 486. The van der Waals surface area contributed by atoms with E-state index in [1.54, 1.807) is 12.1 Å². The zero-order valence-electron chi connectivity index (χ0n) is 11.5. The van der Waals surface area contributed by atoms with Crippen LogP contribution in [0.2, 0.25) is 0 Å². The highest BCUT2D eigenvalue weighted by Gasteiger charge is 2.16. The summed E-state index contributed by atoms with van der Waals surface area (Å²) in [4.78, 5) is 0.399. The summed E-state index contributed by atoms with van der Waals surface area (Å²) >= 11 is 5.88. The van der Waals surface area contributed by atoms with Gasteiger partial charge in [-0.1, -0.05) is 19.1 Å². The molecule has 0 aliphatic heterocycles. The number of benzene rings is 1. The van der Waals surface area contributed by atoms with Gasteiger partial charge in [-0.25, -0.2) is 8.42 Å². The summed E-state index contributed by atoms with van der Waals surface area (Å²) in [6, 6.07) is 7.08. The molecule has 5 heteroatoms. The molecule has 108 valence electrons. The van der Waals surface area contributed by atoms with Crippen LogP contribution in [0, 0.1) is 0 Å². The van der Waals surface area contributed by atoms with Crippen LogP contribution >= 0.6 is 11.6 Å². The Hall–Kier alpha value is -0.740. The molecule has 1 unspecified atom stereocenters. The second kappa shape index (κ2) is 7.75. The molecule has 0 aromatic heterocycles. The van der Waals surface area contributed by atoms with Gasteiger partial charge in [0, 0.05) is 11.9 Å². The summed E-state index contributed by atoms with van der Waals surface area (Å²) in [7, 11) is -3.18. The molecule has 3 nitrogen and oxygen atoms in total. The molecular weight excluding hydrogens is 282 g/mol. The van der Waals surface area contributed by atoms with E-state index in [1.165, 1.54) is 0 Å². The number of hydrogen-bond acceptors (Lipinski definition) is 3. The molecule has 1 aromatic rings. The summed E-state index contributed by atoms with van der Waals surface area (Å²) in [5.74, 6) is 0.185. The predicted octanol–water partition coefficient (Wildman–Crippen LogP) is 3.69. The Balaban J connectivity index is 2.74. The molecular formula is C14H22ClNO2S. The SMILES string of the molecule is CCCS(=O)(=O)c1ccccc1NCCCC(C)Cl. The van der Waals surface area contributed by atoms with Crippen LogP contribution in [0.25, 0.3) is 0 Å². The highest BCUT2D eigenvalue weighted by atomic mass is 35.5. The fourth-order valence-electron chi connectivity index (χ4n) is 1.87. The number of anilines is 1. The fraction of sp³-hybridized carbons (Fsp3) is 0.571. The van der Waals surface area contributed by atoms with Gasteiger partial charge in [0.2, 0.25) is 0 Å². The van der Waals surface area contributed by atoms with Crippen LogP contribution in [0.5, 0.6) is 0 Å². The Kier molecular flexibility index (Phi) is 6.66. The van der Waals surface area contributed by atoms with Gasteiger partial charge < -0.3 is 5.32 Å². The standard InChI is InChI=1S/C14H22ClNO2S/c1-3-11-19(17,18)14-9-5-4-8-13(14)16-10-6-7-12(2)15/h4-5,8-9,12,16H,3,6-7,10-11H2,1-2H3. The van der Waals surface area contributed by atoms with E-state index in [1.807, 2.05) is 26.0 Å². The average molecular weight is 304 g/mol. The lowest BCUT2D eigenvalue weighted by Gasteiger charge is -2.12. The summed E-state index contributed by atoms with van der Waals surface area (Å²) in [6.45, 7) is 4.56. The Morgan fingerprint density at radius 2 is 2.00 bits per heavy atom. The molecule has 1 aromatic carbocycles. The molecule has 0 spiro atoms. The molecule has 0 fully saturated rings. The van der Waals surface area contributed by atoms with Crippen LogP contribution in [0.3, 0.4) is 0 Å². The molecule has 19 heavy (non-hydrogen) atoms. The molecule has 0 heterocycles. The summed E-state index contributed by atoms with van der Waals surface area (Å²) in [5.41, 5.74) is 0.693. The fourth-order valence-corrected chi connectivity index (χ4v) is 3.54. The number of nitrogens with one attached hydrogen (secondary N) is 1. The second-order valence-corrected chi connectivity index (χ2v) is 7.49. The van der Waals surface area contributed by atoms with E-state index in [2.05, 4.69) is 5.32 Å². The number of halogens is 1. The number of alkyl halides is 1. The van der Waals surface area contributed by atoms with Gasteiger partial charge in [-0.2, -0.15) is 0 Å². The van der Waals surface area contributed by atoms with Gasteiger partial charge in [-0.3, -0.25) is 0 Å². The first-order valence-electron chi connectivity index (χ1n) is 6.67. The van der Waals surface area contributed by atoms with Crippen molar-refractivity contribution < 1.29 is 8.42 Å². The van der Waals surface area contributed by atoms with Gasteiger partial charge in [0.15, 0.2) is 9.84 Å². The molecule has 0 saturated carbocycles. The molecule has 1 N–H and O–H groups in total. The van der Waals surface area contributed by atoms with Crippen LogP contribution < -0.4 is 5.32 Å². The van der Waals surface area contributed by atoms with Crippen molar-refractivity contribution >= 4 is 27.1 Å². The first-order valence-corrected chi connectivity index (χ1v) is 8.76. The van der Waals surface area contributed by atoms with E-state index in [-0.39, 0.29) is 11.1 Å². The third-order valence-corrected chi connectivity index (χ3v) is 4.98. The lowest BCUT2D eigenvalue weighted by Crippen LogP contribution is -2.11. The number of hydrogen-bond donors (Lipinski definition) is 1. The van der Waals surface area contributed by atoms with E-state index in [9.17, 15) is 8.42 Å². The number of para-hydroxylation sites is 1. The maximum absolute atomic E-state index is 12.1. The highest BCUT2D eigenvalue weighted by molar-refractivity contribution is 7.91. The molecule has 0 bridgehead atoms. The number of rotatable bonds is 8. The van der Waals surface area contributed by atoms with Crippen LogP contribution in [-0.4, -0.2) is 26.1 Å². The third kappa shape index (κ3) is 5.41. The van der Waals surface area contributed by atoms with Crippen molar-refractivity contribution in [2.24, 2.45) is 0 Å².